The molecule has 0 spiro atoms. The van der Waals surface area contributed by atoms with E-state index in [-0.39, 0.29) is 16.6 Å². The predicted molar refractivity (Wildman–Crippen MR) is 123 cm³/mol. The van der Waals surface area contributed by atoms with Crippen molar-refractivity contribution >= 4 is 21.6 Å². The third kappa shape index (κ3) is 4.81. The molecule has 0 N–H and O–H groups in total. The lowest BCUT2D eigenvalue weighted by Crippen LogP contribution is -2.48. The van der Waals surface area contributed by atoms with Crippen LogP contribution in [0.1, 0.15) is 30.6 Å². The molecule has 0 aromatic heterocycles. The smallest absolute Gasteiger partial charge is 0.254 e. The fourth-order valence-corrected chi connectivity index (χ4v) is 6.47. The lowest BCUT2D eigenvalue weighted by atomic mass is 9.94. The molecule has 2 heterocycles. The number of carbonyl (C=O) groups excluding carboxylic acids is 1. The summed E-state index contributed by atoms with van der Waals surface area (Å²) < 4.78 is 41.2. The van der Waals surface area contributed by atoms with Crippen LogP contribution in [0.5, 0.6) is 0 Å². The molecule has 2 atom stereocenters. The number of nitrogens with zero attached hydrogens (tertiary/aromatic N) is 3. The Hall–Kier alpha value is -2.45. The Morgan fingerprint density at radius 2 is 1.56 bits per heavy atom. The maximum atomic E-state index is 13.2. The van der Waals surface area contributed by atoms with E-state index in [4.69, 9.17) is 0 Å². The Morgan fingerprint density at radius 1 is 0.938 bits per heavy atom. The Balaban J connectivity index is 1.45. The highest BCUT2D eigenvalue weighted by atomic mass is 32.2. The van der Waals surface area contributed by atoms with E-state index >= 15 is 0 Å². The second kappa shape index (κ2) is 9.19. The molecule has 8 heteroatoms. The summed E-state index contributed by atoms with van der Waals surface area (Å²) in [4.78, 5) is 17.1. The van der Waals surface area contributed by atoms with Gasteiger partial charge in [0.2, 0.25) is 10.0 Å². The monoisotopic (exact) mass is 459 g/mol. The van der Waals surface area contributed by atoms with Crippen molar-refractivity contribution < 1.29 is 17.6 Å². The van der Waals surface area contributed by atoms with E-state index in [1.165, 1.54) is 18.2 Å². The second-order valence-corrected chi connectivity index (χ2v) is 11.0. The van der Waals surface area contributed by atoms with Crippen LogP contribution in [0.4, 0.5) is 10.1 Å². The van der Waals surface area contributed by atoms with Gasteiger partial charge in [-0.15, -0.1) is 0 Å². The molecule has 2 aromatic carbocycles. The number of sulfonamides is 1. The van der Waals surface area contributed by atoms with Gasteiger partial charge in [-0.25, -0.2) is 12.8 Å². The van der Waals surface area contributed by atoms with E-state index in [1.807, 2.05) is 0 Å². The summed E-state index contributed by atoms with van der Waals surface area (Å²) in [5.41, 5.74) is 1.32. The van der Waals surface area contributed by atoms with E-state index in [0.29, 0.717) is 56.7 Å². The topological polar surface area (TPSA) is 60.9 Å². The van der Waals surface area contributed by atoms with Crippen molar-refractivity contribution in [1.82, 2.24) is 9.21 Å². The van der Waals surface area contributed by atoms with Gasteiger partial charge >= 0.3 is 0 Å². The third-order valence-electron chi connectivity index (χ3n) is 6.31. The first-order chi connectivity index (χ1) is 15.2. The number of rotatable bonds is 4. The number of anilines is 1. The molecule has 0 aliphatic carbocycles. The molecule has 2 fully saturated rings. The van der Waals surface area contributed by atoms with Crippen molar-refractivity contribution in [2.75, 3.05) is 44.2 Å². The number of carbonyl (C=O) groups is 1. The van der Waals surface area contributed by atoms with E-state index in [1.54, 1.807) is 39.5 Å². The lowest BCUT2D eigenvalue weighted by Gasteiger charge is -2.36. The summed E-state index contributed by atoms with van der Waals surface area (Å²) in [6.45, 7) is 7.49. The highest BCUT2D eigenvalue weighted by Gasteiger charge is 2.32. The van der Waals surface area contributed by atoms with E-state index in [9.17, 15) is 17.6 Å². The van der Waals surface area contributed by atoms with Gasteiger partial charge in [0.1, 0.15) is 5.82 Å². The molecule has 2 aliphatic rings. The molecule has 172 valence electrons. The van der Waals surface area contributed by atoms with Gasteiger partial charge in [-0.2, -0.15) is 4.31 Å². The van der Waals surface area contributed by atoms with Crippen LogP contribution in [0, 0.1) is 17.7 Å². The van der Waals surface area contributed by atoms with Gasteiger partial charge in [-0.3, -0.25) is 4.79 Å². The Kier molecular flexibility index (Phi) is 6.53. The van der Waals surface area contributed by atoms with Crippen LogP contribution in [0.3, 0.4) is 0 Å². The minimum Gasteiger partial charge on any atom is -0.368 e. The van der Waals surface area contributed by atoms with Gasteiger partial charge in [0.05, 0.1) is 4.90 Å². The SMILES string of the molecule is C[C@@H]1C[C@H](C)CN(S(=O)(=O)c2cccc(C(=O)N3CCN(c4ccc(F)cc4)CC3)c2)C1. The van der Waals surface area contributed by atoms with Crippen LogP contribution >= 0.6 is 0 Å². The molecule has 0 saturated carbocycles. The number of hydrogen-bond acceptors (Lipinski definition) is 4. The summed E-state index contributed by atoms with van der Waals surface area (Å²) in [5.74, 6) is 0.193. The number of piperazine rings is 1. The standard InChI is InChI=1S/C24H30FN3O3S/c1-18-14-19(2)17-28(16-18)32(30,31)23-5-3-4-20(15-23)24(29)27-12-10-26(11-13-27)22-8-6-21(25)7-9-22/h3-9,15,18-19H,10-14,16-17H2,1-2H3/t18-,19+. The summed E-state index contributed by atoms with van der Waals surface area (Å²) in [6.07, 6.45) is 1.02. The molecule has 0 bridgehead atoms. The van der Waals surface area contributed by atoms with Crippen molar-refractivity contribution in [3.63, 3.8) is 0 Å². The minimum absolute atomic E-state index is 0.166. The molecular formula is C24H30FN3O3S. The van der Waals surface area contributed by atoms with Crippen LogP contribution in [-0.4, -0.2) is 62.8 Å². The summed E-state index contributed by atoms with van der Waals surface area (Å²) in [7, 11) is -3.64. The van der Waals surface area contributed by atoms with Crippen molar-refractivity contribution in [3.05, 3.63) is 59.9 Å². The number of hydrogen-bond donors (Lipinski definition) is 0. The molecule has 0 radical (unpaired) electrons. The molecule has 2 aromatic rings. The zero-order valence-corrected chi connectivity index (χ0v) is 19.4. The lowest BCUT2D eigenvalue weighted by molar-refractivity contribution is 0.0746. The first-order valence-corrected chi connectivity index (χ1v) is 12.6. The van der Waals surface area contributed by atoms with Gasteiger partial charge in [0.15, 0.2) is 0 Å². The van der Waals surface area contributed by atoms with E-state index in [2.05, 4.69) is 18.7 Å². The number of piperidine rings is 1. The average molecular weight is 460 g/mol. The van der Waals surface area contributed by atoms with Gasteiger partial charge < -0.3 is 9.80 Å². The zero-order chi connectivity index (χ0) is 22.9. The summed E-state index contributed by atoms with van der Waals surface area (Å²) >= 11 is 0. The molecule has 0 unspecified atom stereocenters. The maximum Gasteiger partial charge on any atom is 0.254 e. The van der Waals surface area contributed by atoms with Gasteiger partial charge in [-0.1, -0.05) is 19.9 Å². The van der Waals surface area contributed by atoms with Crippen molar-refractivity contribution in [2.24, 2.45) is 11.8 Å². The van der Waals surface area contributed by atoms with Gasteiger partial charge in [0.25, 0.3) is 5.91 Å². The molecule has 2 saturated heterocycles. The number of benzene rings is 2. The van der Waals surface area contributed by atoms with E-state index in [0.717, 1.165) is 12.1 Å². The maximum absolute atomic E-state index is 13.2. The molecule has 6 nitrogen and oxygen atoms in total. The quantitative estimate of drug-likeness (QED) is 0.703. The predicted octanol–water partition coefficient (Wildman–Crippen LogP) is 3.45. The van der Waals surface area contributed by atoms with Crippen LogP contribution in [0.25, 0.3) is 0 Å². The average Bonchev–Trinajstić information content (AvgIpc) is 2.79. The largest absolute Gasteiger partial charge is 0.368 e. The van der Waals surface area contributed by atoms with Crippen LogP contribution < -0.4 is 4.90 Å². The Labute approximate surface area is 189 Å². The van der Waals surface area contributed by atoms with Crippen molar-refractivity contribution in [3.8, 4) is 0 Å². The van der Waals surface area contributed by atoms with Crippen LogP contribution in [0.2, 0.25) is 0 Å². The normalized spacial score (nSPS) is 22.7. The molecule has 32 heavy (non-hydrogen) atoms. The fourth-order valence-electron chi connectivity index (χ4n) is 4.74. The van der Waals surface area contributed by atoms with Gasteiger partial charge in [-0.05, 0) is 60.7 Å². The Morgan fingerprint density at radius 3 is 2.19 bits per heavy atom. The van der Waals surface area contributed by atoms with E-state index < -0.39 is 10.0 Å². The van der Waals surface area contributed by atoms with Crippen LogP contribution in [0.15, 0.2) is 53.4 Å². The van der Waals surface area contributed by atoms with Crippen molar-refractivity contribution in [2.45, 2.75) is 25.2 Å². The number of amides is 1. The fraction of sp³-hybridized carbons (Fsp3) is 0.458. The van der Waals surface area contributed by atoms with Crippen LogP contribution in [-0.2, 0) is 10.0 Å². The second-order valence-electron chi connectivity index (χ2n) is 9.05. The molecule has 4 rings (SSSR count). The minimum atomic E-state index is -3.64. The first-order valence-electron chi connectivity index (χ1n) is 11.1. The third-order valence-corrected chi connectivity index (χ3v) is 8.14. The summed E-state index contributed by atoms with van der Waals surface area (Å²) in [5, 5.41) is 0. The van der Waals surface area contributed by atoms with Crippen molar-refractivity contribution in [1.29, 1.82) is 0 Å². The highest BCUT2D eigenvalue weighted by molar-refractivity contribution is 7.89. The molecule has 1 amide bonds. The zero-order valence-electron chi connectivity index (χ0n) is 18.6. The number of halogens is 1. The molecule has 2 aliphatic heterocycles. The summed E-state index contributed by atoms with van der Waals surface area (Å²) in [6, 6.07) is 12.7. The highest BCUT2D eigenvalue weighted by Crippen LogP contribution is 2.27. The first kappa shape index (κ1) is 22.7. The van der Waals surface area contributed by atoms with Gasteiger partial charge in [0, 0.05) is 50.5 Å². The Bertz CT molecular complexity index is 1060. The molecular weight excluding hydrogens is 429 g/mol.